The van der Waals surface area contributed by atoms with Crippen LogP contribution >= 0.6 is 23.4 Å². The minimum Gasteiger partial charge on any atom is -0.493 e. The second kappa shape index (κ2) is 13.6. The van der Waals surface area contributed by atoms with E-state index in [4.69, 9.17) is 25.8 Å². The number of hydrogen-bond donors (Lipinski definition) is 1. The van der Waals surface area contributed by atoms with Gasteiger partial charge in [0.2, 0.25) is 0 Å². The molecule has 1 N–H and O–H groups in total. The topological polar surface area (TPSA) is 94.2 Å². The Morgan fingerprint density at radius 2 is 1.76 bits per heavy atom. The van der Waals surface area contributed by atoms with Gasteiger partial charge in [0.25, 0.3) is 17.1 Å². The quantitative estimate of drug-likeness (QED) is 0.241. The number of benzene rings is 3. The third-order valence-corrected chi connectivity index (χ3v) is 7.37. The molecule has 8 nitrogen and oxygen atoms in total. The SMILES string of the molecule is COc1cc(/C=C2\SC(=O)N(CCOc3cc(C)ccc3C(C)C)C2=O)ccc1OCC(=O)Nc1ccc(Cl)cc1. The zero-order chi connectivity index (χ0) is 29.5. The Morgan fingerprint density at radius 3 is 2.46 bits per heavy atom. The van der Waals surface area contributed by atoms with Crippen molar-refractivity contribution in [1.29, 1.82) is 0 Å². The number of amides is 3. The van der Waals surface area contributed by atoms with Crippen LogP contribution in [0.2, 0.25) is 5.02 Å². The molecule has 1 aliphatic heterocycles. The number of rotatable bonds is 11. The molecule has 0 aromatic heterocycles. The fourth-order valence-corrected chi connectivity index (χ4v) is 5.09. The summed E-state index contributed by atoms with van der Waals surface area (Å²) in [7, 11) is 1.48. The van der Waals surface area contributed by atoms with E-state index in [0.717, 1.165) is 28.6 Å². The molecule has 3 aromatic rings. The minimum atomic E-state index is -0.380. The van der Waals surface area contributed by atoms with Gasteiger partial charge in [-0.2, -0.15) is 0 Å². The van der Waals surface area contributed by atoms with E-state index in [1.54, 1.807) is 48.5 Å². The molecule has 0 spiro atoms. The van der Waals surface area contributed by atoms with Crippen molar-refractivity contribution in [3.63, 3.8) is 0 Å². The van der Waals surface area contributed by atoms with Crippen molar-refractivity contribution in [1.82, 2.24) is 4.90 Å². The van der Waals surface area contributed by atoms with Gasteiger partial charge >= 0.3 is 0 Å². The van der Waals surface area contributed by atoms with Crippen LogP contribution in [0.5, 0.6) is 17.2 Å². The molecule has 1 heterocycles. The van der Waals surface area contributed by atoms with Gasteiger partial charge in [0.05, 0.1) is 18.6 Å². The van der Waals surface area contributed by atoms with E-state index in [0.29, 0.717) is 32.7 Å². The van der Waals surface area contributed by atoms with Crippen LogP contribution in [-0.2, 0) is 9.59 Å². The van der Waals surface area contributed by atoms with Gasteiger partial charge in [-0.3, -0.25) is 19.3 Å². The predicted octanol–water partition coefficient (Wildman–Crippen LogP) is 6.91. The van der Waals surface area contributed by atoms with Gasteiger partial charge in [-0.15, -0.1) is 0 Å². The summed E-state index contributed by atoms with van der Waals surface area (Å²) in [5, 5.41) is 2.94. The zero-order valence-electron chi connectivity index (χ0n) is 23.2. The lowest BCUT2D eigenvalue weighted by molar-refractivity contribution is -0.123. The first-order valence-electron chi connectivity index (χ1n) is 13.0. The van der Waals surface area contributed by atoms with Crippen molar-refractivity contribution >= 4 is 52.2 Å². The fraction of sp³-hybridized carbons (Fsp3) is 0.258. The Labute approximate surface area is 248 Å². The van der Waals surface area contributed by atoms with Crippen molar-refractivity contribution in [3.8, 4) is 17.2 Å². The summed E-state index contributed by atoms with van der Waals surface area (Å²) < 4.78 is 17.0. The number of hydrogen-bond acceptors (Lipinski definition) is 7. The molecule has 1 aliphatic rings. The van der Waals surface area contributed by atoms with Crippen LogP contribution in [0.4, 0.5) is 10.5 Å². The lowest BCUT2D eigenvalue weighted by Gasteiger charge is -2.17. The molecule has 0 atom stereocenters. The Bertz CT molecular complexity index is 1470. The smallest absolute Gasteiger partial charge is 0.293 e. The first-order valence-corrected chi connectivity index (χ1v) is 14.2. The zero-order valence-corrected chi connectivity index (χ0v) is 24.8. The van der Waals surface area contributed by atoms with E-state index in [1.807, 2.05) is 25.1 Å². The maximum atomic E-state index is 13.0. The van der Waals surface area contributed by atoms with Crippen LogP contribution in [0, 0.1) is 6.92 Å². The highest BCUT2D eigenvalue weighted by atomic mass is 35.5. The second-order valence-electron chi connectivity index (χ2n) is 9.63. The molecule has 0 radical (unpaired) electrons. The fourth-order valence-electron chi connectivity index (χ4n) is 4.10. The van der Waals surface area contributed by atoms with Crippen molar-refractivity contribution in [3.05, 3.63) is 87.3 Å². The van der Waals surface area contributed by atoms with Gasteiger partial charge in [0.15, 0.2) is 18.1 Å². The number of nitrogens with zero attached hydrogens (tertiary/aromatic N) is 1. The van der Waals surface area contributed by atoms with Crippen molar-refractivity contribution < 1.29 is 28.6 Å². The van der Waals surface area contributed by atoms with E-state index in [9.17, 15) is 14.4 Å². The van der Waals surface area contributed by atoms with Crippen LogP contribution in [0.25, 0.3) is 6.08 Å². The van der Waals surface area contributed by atoms with Crippen LogP contribution < -0.4 is 19.5 Å². The standard InChI is InChI=1S/C31H31ClN2O6S/c1-19(2)24-11-5-20(3)15-26(24)39-14-13-34-30(36)28(41-31(34)37)17-21-6-12-25(27(16-21)38-4)40-18-29(35)33-23-9-7-22(32)8-10-23/h5-12,15-17,19H,13-14,18H2,1-4H3,(H,33,35)/b28-17-. The van der Waals surface area contributed by atoms with E-state index in [1.165, 1.54) is 12.0 Å². The first kappa shape index (κ1) is 30.0. The summed E-state index contributed by atoms with van der Waals surface area (Å²) in [6.45, 7) is 6.27. The number of thioether (sulfide) groups is 1. The van der Waals surface area contributed by atoms with Crippen molar-refractivity contribution in [2.45, 2.75) is 26.7 Å². The second-order valence-corrected chi connectivity index (χ2v) is 11.1. The number of methoxy groups -OCH3 is 1. The molecule has 0 unspecified atom stereocenters. The minimum absolute atomic E-state index is 0.141. The van der Waals surface area contributed by atoms with Gasteiger partial charge in [0.1, 0.15) is 12.4 Å². The summed E-state index contributed by atoms with van der Waals surface area (Å²) in [5.41, 5.74) is 3.39. The number of carbonyl (C=O) groups excluding carboxylic acids is 3. The predicted molar refractivity (Wildman–Crippen MR) is 162 cm³/mol. The van der Waals surface area contributed by atoms with Gasteiger partial charge in [-0.05, 0) is 89.8 Å². The molecule has 10 heteroatoms. The summed E-state index contributed by atoms with van der Waals surface area (Å²) in [5.74, 6) is 1.06. The van der Waals surface area contributed by atoms with Gasteiger partial charge in [-0.25, -0.2) is 0 Å². The number of halogens is 1. The number of carbonyl (C=O) groups is 3. The van der Waals surface area contributed by atoms with Crippen molar-refractivity contribution in [2.24, 2.45) is 0 Å². The Balaban J connectivity index is 1.36. The highest BCUT2D eigenvalue weighted by molar-refractivity contribution is 8.18. The van der Waals surface area contributed by atoms with Crippen LogP contribution in [0.1, 0.15) is 36.5 Å². The molecule has 0 aliphatic carbocycles. The van der Waals surface area contributed by atoms with E-state index in [2.05, 4.69) is 19.2 Å². The first-order chi connectivity index (χ1) is 19.6. The maximum absolute atomic E-state index is 13.0. The summed E-state index contributed by atoms with van der Waals surface area (Å²) in [4.78, 5) is 39.4. The van der Waals surface area contributed by atoms with Gasteiger partial charge in [0, 0.05) is 10.7 Å². The monoisotopic (exact) mass is 594 g/mol. The van der Waals surface area contributed by atoms with E-state index < -0.39 is 0 Å². The molecule has 4 rings (SSSR count). The lowest BCUT2D eigenvalue weighted by Crippen LogP contribution is -2.32. The molecule has 0 saturated carbocycles. The normalized spacial score (nSPS) is 14.1. The lowest BCUT2D eigenvalue weighted by atomic mass is 10.0. The number of aryl methyl sites for hydroxylation is 1. The Kier molecular flexibility index (Phi) is 9.96. The molecule has 0 bridgehead atoms. The Morgan fingerprint density at radius 1 is 1.00 bits per heavy atom. The highest BCUT2D eigenvalue weighted by Crippen LogP contribution is 2.35. The third-order valence-electron chi connectivity index (χ3n) is 6.21. The molecule has 3 aromatic carbocycles. The number of anilines is 1. The number of imide groups is 1. The average molecular weight is 595 g/mol. The Hall–Kier alpha value is -3.95. The summed E-state index contributed by atoms with van der Waals surface area (Å²) in [6.07, 6.45) is 1.63. The number of nitrogens with one attached hydrogen (secondary N) is 1. The van der Waals surface area contributed by atoms with Crippen molar-refractivity contribution in [2.75, 3.05) is 32.2 Å². The molecule has 1 saturated heterocycles. The largest absolute Gasteiger partial charge is 0.493 e. The molecule has 41 heavy (non-hydrogen) atoms. The van der Waals surface area contributed by atoms with Crippen LogP contribution in [0.3, 0.4) is 0 Å². The third kappa shape index (κ3) is 7.83. The summed E-state index contributed by atoms with van der Waals surface area (Å²) >= 11 is 6.75. The van der Waals surface area contributed by atoms with Crippen LogP contribution in [-0.4, -0.2) is 48.8 Å². The van der Waals surface area contributed by atoms with Crippen LogP contribution in [0.15, 0.2) is 65.6 Å². The van der Waals surface area contributed by atoms with E-state index in [-0.39, 0.29) is 42.7 Å². The van der Waals surface area contributed by atoms with Gasteiger partial charge in [-0.1, -0.05) is 43.6 Å². The maximum Gasteiger partial charge on any atom is 0.293 e. The van der Waals surface area contributed by atoms with E-state index >= 15 is 0 Å². The molecular formula is C31H31ClN2O6S. The summed E-state index contributed by atoms with van der Waals surface area (Å²) in [6, 6.07) is 17.8. The average Bonchev–Trinajstić information content (AvgIpc) is 3.20. The number of ether oxygens (including phenoxy) is 3. The van der Waals surface area contributed by atoms with Gasteiger partial charge < -0.3 is 19.5 Å². The molecule has 1 fully saturated rings. The molecule has 3 amide bonds. The highest BCUT2D eigenvalue weighted by Gasteiger charge is 2.35. The molecular weight excluding hydrogens is 564 g/mol. The molecule has 214 valence electrons.